The highest BCUT2D eigenvalue weighted by Gasteiger charge is 2.29. The maximum Gasteiger partial charge on any atom is 0.379 e. The van der Waals surface area contributed by atoms with Crippen LogP contribution in [-0.4, -0.2) is 24.2 Å². The highest BCUT2D eigenvalue weighted by molar-refractivity contribution is 6.06. The van der Waals surface area contributed by atoms with Crippen LogP contribution in [0.25, 0.3) is 0 Å². The van der Waals surface area contributed by atoms with Crippen molar-refractivity contribution in [3.63, 3.8) is 0 Å². The topological polar surface area (TPSA) is 90.1 Å². The molecule has 0 saturated heterocycles. The first kappa shape index (κ1) is 22.3. The summed E-state index contributed by atoms with van der Waals surface area (Å²) in [5.74, 6) is 0.998. The lowest BCUT2D eigenvalue weighted by atomic mass is 9.93. The first-order valence-corrected chi connectivity index (χ1v) is 11.0. The molecule has 1 aromatic heterocycles. The van der Waals surface area contributed by atoms with Gasteiger partial charge in [0.05, 0.1) is 5.71 Å². The summed E-state index contributed by atoms with van der Waals surface area (Å²) in [6.45, 7) is 3.72. The Kier molecular flexibility index (Phi) is 6.88. The van der Waals surface area contributed by atoms with E-state index in [0.717, 1.165) is 24.0 Å². The Labute approximate surface area is 192 Å². The fourth-order valence-corrected chi connectivity index (χ4v) is 3.75. The molecule has 7 nitrogen and oxygen atoms in total. The van der Waals surface area contributed by atoms with E-state index in [0.29, 0.717) is 41.4 Å². The molecule has 4 rings (SSSR count). The van der Waals surface area contributed by atoms with Crippen LogP contribution < -0.4 is 14.9 Å². The number of furan rings is 1. The number of benzene rings is 2. The van der Waals surface area contributed by atoms with Crippen LogP contribution in [0.4, 0.5) is 0 Å². The van der Waals surface area contributed by atoms with Crippen LogP contribution in [0.3, 0.4) is 0 Å². The van der Waals surface area contributed by atoms with Crippen molar-refractivity contribution in [2.24, 2.45) is 5.10 Å². The van der Waals surface area contributed by atoms with E-state index in [-0.39, 0.29) is 18.3 Å². The quantitative estimate of drug-likeness (QED) is 0.325. The summed E-state index contributed by atoms with van der Waals surface area (Å²) in [6, 6.07) is 16.5. The Morgan fingerprint density at radius 2 is 1.79 bits per heavy atom. The van der Waals surface area contributed by atoms with Crippen LogP contribution in [0.15, 0.2) is 64.1 Å². The Bertz CT molecular complexity index is 1160. The molecule has 1 heterocycles. The van der Waals surface area contributed by atoms with Gasteiger partial charge in [0, 0.05) is 17.5 Å². The molecule has 170 valence electrons. The molecule has 0 spiro atoms. The van der Waals surface area contributed by atoms with E-state index in [1.54, 1.807) is 31.2 Å². The van der Waals surface area contributed by atoms with Gasteiger partial charge in [-0.05, 0) is 56.0 Å². The van der Waals surface area contributed by atoms with E-state index >= 15 is 0 Å². The minimum atomic E-state index is -0.550. The third-order valence-electron chi connectivity index (χ3n) is 5.48. The number of carbonyl (C=O) groups is 2. The van der Waals surface area contributed by atoms with Crippen LogP contribution in [0, 0.1) is 6.92 Å². The van der Waals surface area contributed by atoms with Gasteiger partial charge in [0.1, 0.15) is 17.3 Å². The van der Waals surface area contributed by atoms with Crippen molar-refractivity contribution >= 4 is 17.6 Å². The standard InChI is InChI=1S/C26H26N2O5/c1-3-18-12-14-20(15-13-18)32-26(30)25-17(2)24-21(10-7-11-22(24)33-25)27-28-23(29)16-31-19-8-5-4-6-9-19/h4-6,8-9,12-15H,3,7,10-11,16H2,1-2H3,(H,28,29)/b27-21+. The van der Waals surface area contributed by atoms with Crippen molar-refractivity contribution < 1.29 is 23.5 Å². The van der Waals surface area contributed by atoms with E-state index in [4.69, 9.17) is 13.9 Å². The third kappa shape index (κ3) is 5.31. The lowest BCUT2D eigenvalue weighted by Crippen LogP contribution is -2.27. The average molecular weight is 447 g/mol. The van der Waals surface area contributed by atoms with Crippen LogP contribution in [0.2, 0.25) is 0 Å². The Morgan fingerprint density at radius 1 is 1.03 bits per heavy atom. The number of rotatable bonds is 7. The predicted molar refractivity (Wildman–Crippen MR) is 124 cm³/mol. The molecular formula is C26H26N2O5. The average Bonchev–Trinajstić information content (AvgIpc) is 3.19. The fourth-order valence-electron chi connectivity index (χ4n) is 3.75. The molecule has 7 heteroatoms. The lowest BCUT2D eigenvalue weighted by Gasteiger charge is -2.13. The smallest absolute Gasteiger partial charge is 0.379 e. The number of hydrogen-bond acceptors (Lipinski definition) is 6. The van der Waals surface area contributed by atoms with Gasteiger partial charge < -0.3 is 13.9 Å². The van der Waals surface area contributed by atoms with Gasteiger partial charge in [-0.25, -0.2) is 10.2 Å². The van der Waals surface area contributed by atoms with Gasteiger partial charge in [0.2, 0.25) is 5.76 Å². The van der Waals surface area contributed by atoms with Crippen LogP contribution in [0.1, 0.15) is 52.8 Å². The highest BCUT2D eigenvalue weighted by Crippen LogP contribution is 2.30. The van der Waals surface area contributed by atoms with Gasteiger partial charge in [0.25, 0.3) is 5.91 Å². The van der Waals surface area contributed by atoms with Gasteiger partial charge in [-0.2, -0.15) is 5.10 Å². The number of para-hydroxylation sites is 1. The first-order valence-electron chi connectivity index (χ1n) is 11.0. The molecule has 0 saturated carbocycles. The molecule has 0 fully saturated rings. The number of nitrogens with one attached hydrogen (secondary N) is 1. The molecule has 2 aromatic carbocycles. The number of esters is 1. The maximum atomic E-state index is 12.8. The zero-order chi connectivity index (χ0) is 23.2. The largest absolute Gasteiger partial charge is 0.484 e. The van der Waals surface area contributed by atoms with Gasteiger partial charge >= 0.3 is 5.97 Å². The summed E-state index contributed by atoms with van der Waals surface area (Å²) in [7, 11) is 0. The zero-order valence-electron chi connectivity index (χ0n) is 18.7. The molecule has 0 aliphatic heterocycles. The summed E-state index contributed by atoms with van der Waals surface area (Å²) >= 11 is 0. The van der Waals surface area contributed by atoms with E-state index < -0.39 is 5.97 Å². The van der Waals surface area contributed by atoms with Gasteiger partial charge in [-0.1, -0.05) is 37.3 Å². The second kappa shape index (κ2) is 10.2. The Balaban J connectivity index is 1.45. The van der Waals surface area contributed by atoms with E-state index in [1.165, 1.54) is 0 Å². The molecule has 1 aliphatic carbocycles. The number of fused-ring (bicyclic) bond motifs is 1. The predicted octanol–water partition coefficient (Wildman–Crippen LogP) is 4.61. The van der Waals surface area contributed by atoms with E-state index in [2.05, 4.69) is 17.5 Å². The number of nitrogens with zero attached hydrogens (tertiary/aromatic N) is 1. The number of amides is 1. The Hall–Kier alpha value is -3.87. The van der Waals surface area contributed by atoms with E-state index in [9.17, 15) is 9.59 Å². The molecule has 33 heavy (non-hydrogen) atoms. The summed E-state index contributed by atoms with van der Waals surface area (Å²) in [5, 5.41) is 4.30. The number of aryl methyl sites for hydroxylation is 2. The molecule has 0 radical (unpaired) electrons. The number of carbonyl (C=O) groups excluding carboxylic acids is 2. The molecule has 1 aliphatic rings. The second-order valence-corrected chi connectivity index (χ2v) is 7.79. The number of hydrogen-bond donors (Lipinski definition) is 1. The molecule has 0 atom stereocenters. The Morgan fingerprint density at radius 3 is 2.52 bits per heavy atom. The molecule has 1 amide bonds. The SMILES string of the molecule is CCc1ccc(OC(=O)c2oc3c(c2C)/C(=N/NC(=O)COc2ccccc2)CCC3)cc1. The summed E-state index contributed by atoms with van der Waals surface area (Å²) < 4.78 is 16.8. The van der Waals surface area contributed by atoms with E-state index in [1.807, 2.05) is 30.3 Å². The first-order chi connectivity index (χ1) is 16.0. The van der Waals surface area contributed by atoms with Crippen LogP contribution in [-0.2, 0) is 17.6 Å². The van der Waals surface area contributed by atoms with Crippen molar-refractivity contribution in [1.82, 2.24) is 5.43 Å². The molecule has 1 N–H and O–H groups in total. The van der Waals surface area contributed by atoms with Gasteiger partial charge in [-0.3, -0.25) is 4.79 Å². The van der Waals surface area contributed by atoms with Gasteiger partial charge in [-0.15, -0.1) is 0 Å². The monoisotopic (exact) mass is 446 g/mol. The van der Waals surface area contributed by atoms with Crippen LogP contribution in [0.5, 0.6) is 11.5 Å². The summed E-state index contributed by atoms with van der Waals surface area (Å²) in [6.07, 6.45) is 3.08. The minimum Gasteiger partial charge on any atom is -0.484 e. The summed E-state index contributed by atoms with van der Waals surface area (Å²) in [4.78, 5) is 24.9. The number of hydrazone groups is 1. The van der Waals surface area contributed by atoms with Crippen LogP contribution >= 0.6 is 0 Å². The van der Waals surface area contributed by atoms with Gasteiger partial charge in [0.15, 0.2) is 6.61 Å². The lowest BCUT2D eigenvalue weighted by molar-refractivity contribution is -0.123. The van der Waals surface area contributed by atoms with Crippen molar-refractivity contribution in [1.29, 1.82) is 0 Å². The zero-order valence-corrected chi connectivity index (χ0v) is 18.7. The molecule has 0 bridgehead atoms. The third-order valence-corrected chi connectivity index (χ3v) is 5.48. The van der Waals surface area contributed by atoms with Crippen molar-refractivity contribution in [2.75, 3.05) is 6.61 Å². The summed E-state index contributed by atoms with van der Waals surface area (Å²) in [5.41, 5.74) is 5.81. The molecule has 3 aromatic rings. The number of ether oxygens (including phenoxy) is 2. The van der Waals surface area contributed by atoms with Crippen molar-refractivity contribution in [3.05, 3.63) is 82.8 Å². The second-order valence-electron chi connectivity index (χ2n) is 7.79. The highest BCUT2D eigenvalue weighted by atomic mass is 16.5. The minimum absolute atomic E-state index is 0.146. The maximum absolute atomic E-state index is 12.8. The molecular weight excluding hydrogens is 420 g/mol. The fraction of sp³-hybridized carbons (Fsp3) is 0.269. The molecule has 0 unspecified atom stereocenters. The van der Waals surface area contributed by atoms with Crippen molar-refractivity contribution in [2.45, 2.75) is 39.5 Å². The van der Waals surface area contributed by atoms with Crippen molar-refractivity contribution in [3.8, 4) is 11.5 Å². The normalized spacial score (nSPS) is 13.9.